The van der Waals surface area contributed by atoms with Crippen LogP contribution in [0.3, 0.4) is 0 Å². The van der Waals surface area contributed by atoms with Gasteiger partial charge in [-0.2, -0.15) is 14.7 Å². The number of hydrogen-bond acceptors (Lipinski definition) is 4. The van der Waals surface area contributed by atoms with Crippen molar-refractivity contribution in [1.29, 1.82) is 0 Å². The van der Waals surface area contributed by atoms with Gasteiger partial charge in [0.15, 0.2) is 11.5 Å². The van der Waals surface area contributed by atoms with Gasteiger partial charge in [0, 0.05) is 12.5 Å². The van der Waals surface area contributed by atoms with Crippen LogP contribution in [0.1, 0.15) is 42.3 Å². The van der Waals surface area contributed by atoms with E-state index < -0.39 is 0 Å². The van der Waals surface area contributed by atoms with Gasteiger partial charge < -0.3 is 0 Å². The maximum atomic E-state index is 13.2. The zero-order chi connectivity index (χ0) is 18.5. The molecule has 1 saturated carbocycles. The van der Waals surface area contributed by atoms with Gasteiger partial charge in [0.2, 0.25) is 0 Å². The van der Waals surface area contributed by atoms with Crippen LogP contribution in [-0.2, 0) is 6.54 Å². The van der Waals surface area contributed by atoms with Gasteiger partial charge in [0.25, 0.3) is 0 Å². The first-order chi connectivity index (χ1) is 13.1. The first-order valence-electron chi connectivity index (χ1n) is 9.16. The molecular formula is C20H19FN6. The van der Waals surface area contributed by atoms with E-state index >= 15 is 0 Å². The first-order valence-corrected chi connectivity index (χ1v) is 9.16. The summed E-state index contributed by atoms with van der Waals surface area (Å²) in [7, 11) is 0. The van der Waals surface area contributed by atoms with Crippen molar-refractivity contribution in [3.63, 3.8) is 0 Å². The summed E-state index contributed by atoms with van der Waals surface area (Å²) < 4.78 is 16.9. The Balaban J connectivity index is 1.48. The Morgan fingerprint density at radius 3 is 2.63 bits per heavy atom. The molecule has 1 aliphatic rings. The molecule has 0 bridgehead atoms. The molecule has 3 aromatic heterocycles. The zero-order valence-electron chi connectivity index (χ0n) is 15.2. The Morgan fingerprint density at radius 1 is 1.04 bits per heavy atom. The number of halogens is 1. The molecule has 2 atom stereocenters. The number of aromatic nitrogens is 6. The minimum Gasteiger partial charge on any atom is -0.263 e. The van der Waals surface area contributed by atoms with Crippen molar-refractivity contribution in [1.82, 2.24) is 29.6 Å². The minimum absolute atomic E-state index is 0.195. The highest BCUT2D eigenvalue weighted by molar-refractivity contribution is 5.58. The third-order valence-electron chi connectivity index (χ3n) is 5.25. The van der Waals surface area contributed by atoms with Gasteiger partial charge in [-0.25, -0.2) is 4.39 Å². The number of rotatable bonds is 4. The van der Waals surface area contributed by atoms with Crippen LogP contribution in [0.25, 0.3) is 17.0 Å². The molecule has 0 saturated heterocycles. The molecule has 3 heterocycles. The number of nitrogens with zero attached hydrogens (tertiary/aromatic N) is 6. The summed E-state index contributed by atoms with van der Waals surface area (Å²) in [5, 5.41) is 17.7. The van der Waals surface area contributed by atoms with Crippen molar-refractivity contribution < 1.29 is 4.39 Å². The largest absolute Gasteiger partial charge is 0.263 e. The molecule has 136 valence electrons. The van der Waals surface area contributed by atoms with Crippen molar-refractivity contribution in [2.45, 2.75) is 38.6 Å². The molecule has 7 heteroatoms. The van der Waals surface area contributed by atoms with E-state index in [2.05, 4.69) is 28.3 Å². The van der Waals surface area contributed by atoms with Crippen molar-refractivity contribution in [3.05, 3.63) is 65.4 Å². The summed E-state index contributed by atoms with van der Waals surface area (Å²) in [6.07, 6.45) is 1.04. The average molecular weight is 362 g/mol. The maximum Gasteiger partial charge on any atom is 0.177 e. The minimum atomic E-state index is -0.195. The van der Waals surface area contributed by atoms with E-state index in [9.17, 15) is 4.39 Å². The van der Waals surface area contributed by atoms with Crippen LogP contribution in [0, 0.1) is 12.7 Å². The summed E-state index contributed by atoms with van der Waals surface area (Å²) in [5.41, 5.74) is 4.83. The van der Waals surface area contributed by atoms with E-state index in [1.165, 1.54) is 17.7 Å². The molecule has 27 heavy (non-hydrogen) atoms. The molecule has 2 unspecified atom stereocenters. The number of aryl methyl sites for hydroxylation is 2. The summed E-state index contributed by atoms with van der Waals surface area (Å²) in [6, 6.07) is 12.8. The molecule has 0 amide bonds. The van der Waals surface area contributed by atoms with Gasteiger partial charge in [0.05, 0.1) is 11.4 Å². The predicted molar refractivity (Wildman–Crippen MR) is 98.9 cm³/mol. The van der Waals surface area contributed by atoms with Crippen LogP contribution in [0.15, 0.2) is 42.5 Å². The van der Waals surface area contributed by atoms with Crippen LogP contribution in [0.5, 0.6) is 0 Å². The van der Waals surface area contributed by atoms with Crippen LogP contribution >= 0.6 is 0 Å². The summed E-state index contributed by atoms with van der Waals surface area (Å²) in [5.74, 6) is 1.35. The molecule has 1 fully saturated rings. The molecule has 0 radical (unpaired) electrons. The fraction of sp³-hybridized carbons (Fsp3) is 0.300. The van der Waals surface area contributed by atoms with E-state index in [1.54, 1.807) is 4.52 Å². The van der Waals surface area contributed by atoms with E-state index in [-0.39, 0.29) is 5.82 Å². The third kappa shape index (κ3) is 2.70. The molecule has 1 aromatic carbocycles. The maximum absolute atomic E-state index is 13.2. The van der Waals surface area contributed by atoms with Crippen LogP contribution < -0.4 is 0 Å². The fourth-order valence-electron chi connectivity index (χ4n) is 3.70. The van der Waals surface area contributed by atoms with Crippen LogP contribution in [-0.4, -0.2) is 29.6 Å². The molecule has 5 rings (SSSR count). The van der Waals surface area contributed by atoms with Gasteiger partial charge >= 0.3 is 0 Å². The topological polar surface area (TPSA) is 60.9 Å². The molecule has 4 aromatic rings. The standard InChI is InChI=1S/C20H19FN6/c1-3-26-19(17-8-9-20-23-22-12(2)27(20)25-17)11-18(24-26)16-10-15(16)13-4-6-14(21)7-5-13/h4-9,11,15-16H,3,10H2,1-2H3. The lowest BCUT2D eigenvalue weighted by molar-refractivity contribution is 0.627. The summed E-state index contributed by atoms with van der Waals surface area (Å²) in [6.45, 7) is 4.73. The monoisotopic (exact) mass is 362 g/mol. The Labute approximate surface area is 155 Å². The lowest BCUT2D eigenvalue weighted by atomic mass is 10.1. The average Bonchev–Trinajstić information content (AvgIpc) is 3.23. The first kappa shape index (κ1) is 16.1. The molecular weight excluding hydrogens is 343 g/mol. The number of hydrogen-bond donors (Lipinski definition) is 0. The van der Waals surface area contributed by atoms with Crippen molar-refractivity contribution >= 4 is 5.65 Å². The summed E-state index contributed by atoms with van der Waals surface area (Å²) >= 11 is 0. The van der Waals surface area contributed by atoms with E-state index in [0.29, 0.717) is 11.8 Å². The van der Waals surface area contributed by atoms with Crippen LogP contribution in [0.2, 0.25) is 0 Å². The molecule has 0 aliphatic heterocycles. The highest BCUT2D eigenvalue weighted by Crippen LogP contribution is 2.54. The Morgan fingerprint density at radius 2 is 1.85 bits per heavy atom. The smallest absolute Gasteiger partial charge is 0.177 e. The Hall–Kier alpha value is -3.09. The second-order valence-corrected chi connectivity index (χ2v) is 7.01. The molecule has 6 nitrogen and oxygen atoms in total. The normalized spacial score (nSPS) is 18.9. The highest BCUT2D eigenvalue weighted by Gasteiger charge is 2.41. The van der Waals surface area contributed by atoms with Gasteiger partial charge in [-0.05, 0) is 62.1 Å². The molecule has 1 aliphatic carbocycles. The quantitative estimate of drug-likeness (QED) is 0.555. The van der Waals surface area contributed by atoms with Gasteiger partial charge in [-0.15, -0.1) is 10.2 Å². The summed E-state index contributed by atoms with van der Waals surface area (Å²) in [4.78, 5) is 0. The van der Waals surface area contributed by atoms with E-state index in [0.717, 1.165) is 41.5 Å². The van der Waals surface area contributed by atoms with Crippen molar-refractivity contribution in [3.8, 4) is 11.4 Å². The zero-order valence-corrected chi connectivity index (χ0v) is 15.2. The molecule has 0 N–H and O–H groups in total. The molecule has 0 spiro atoms. The van der Waals surface area contributed by atoms with Gasteiger partial charge in [-0.3, -0.25) is 4.68 Å². The SMILES string of the molecule is CCn1nc(C2CC2c2ccc(F)cc2)cc1-c1ccc2nnc(C)n2n1. The predicted octanol–water partition coefficient (Wildman–Crippen LogP) is 3.73. The van der Waals surface area contributed by atoms with Gasteiger partial charge in [0.1, 0.15) is 11.5 Å². The lowest BCUT2D eigenvalue weighted by Crippen LogP contribution is -2.03. The van der Waals surface area contributed by atoms with Crippen LogP contribution in [0.4, 0.5) is 4.39 Å². The second kappa shape index (κ2) is 5.97. The van der Waals surface area contributed by atoms with E-state index in [4.69, 9.17) is 5.10 Å². The number of fused-ring (bicyclic) bond motifs is 1. The van der Waals surface area contributed by atoms with Crippen molar-refractivity contribution in [2.75, 3.05) is 0 Å². The Bertz CT molecular complexity index is 1130. The Kier molecular flexibility index (Phi) is 3.56. The highest BCUT2D eigenvalue weighted by atomic mass is 19.1. The van der Waals surface area contributed by atoms with E-state index in [1.807, 2.05) is 35.9 Å². The lowest BCUT2D eigenvalue weighted by Gasteiger charge is -2.04. The second-order valence-electron chi connectivity index (χ2n) is 7.01. The number of benzene rings is 1. The van der Waals surface area contributed by atoms with Crippen molar-refractivity contribution in [2.24, 2.45) is 0 Å². The third-order valence-corrected chi connectivity index (χ3v) is 5.25. The fourth-order valence-corrected chi connectivity index (χ4v) is 3.70. The van der Waals surface area contributed by atoms with Gasteiger partial charge in [-0.1, -0.05) is 12.1 Å².